The van der Waals surface area contributed by atoms with Crippen molar-refractivity contribution in [2.24, 2.45) is 11.7 Å². The second-order valence-corrected chi connectivity index (χ2v) is 6.70. The number of halogens is 1. The summed E-state index contributed by atoms with van der Waals surface area (Å²) >= 11 is 0. The highest BCUT2D eigenvalue weighted by molar-refractivity contribution is 5.94. The molecule has 1 saturated carbocycles. The highest BCUT2D eigenvalue weighted by Crippen LogP contribution is 2.24. The van der Waals surface area contributed by atoms with Crippen molar-refractivity contribution in [3.8, 4) is 0 Å². The molecule has 1 aliphatic carbocycles. The third kappa shape index (κ3) is 4.48. The van der Waals surface area contributed by atoms with Gasteiger partial charge in [-0.2, -0.15) is 0 Å². The van der Waals surface area contributed by atoms with E-state index in [9.17, 15) is 9.59 Å². The molecule has 0 spiro atoms. The van der Waals surface area contributed by atoms with Crippen LogP contribution in [0.5, 0.6) is 0 Å². The minimum Gasteiger partial charge on any atom is -0.352 e. The number of carbonyl (C=O) groups excluding carboxylic acids is 2. The second-order valence-electron chi connectivity index (χ2n) is 6.70. The van der Waals surface area contributed by atoms with E-state index in [0.29, 0.717) is 18.7 Å². The molecule has 1 saturated heterocycles. The van der Waals surface area contributed by atoms with E-state index in [2.05, 4.69) is 5.32 Å². The monoisotopic (exact) mass is 351 g/mol. The van der Waals surface area contributed by atoms with E-state index in [-0.39, 0.29) is 36.2 Å². The smallest absolute Gasteiger partial charge is 0.253 e. The molecular weight excluding hydrogens is 326 g/mol. The average Bonchev–Trinajstić information content (AvgIpc) is 3.24. The highest BCUT2D eigenvalue weighted by atomic mass is 35.5. The Balaban J connectivity index is 0.00000208. The molecule has 1 atom stereocenters. The number of carbonyl (C=O) groups is 2. The van der Waals surface area contributed by atoms with Crippen molar-refractivity contribution < 1.29 is 9.59 Å². The second kappa shape index (κ2) is 8.49. The van der Waals surface area contributed by atoms with Crippen LogP contribution in [0.2, 0.25) is 0 Å². The number of nitrogens with two attached hydrogens (primary N) is 1. The number of nitrogens with one attached hydrogen (secondary N) is 1. The first kappa shape index (κ1) is 18.7. The van der Waals surface area contributed by atoms with Gasteiger partial charge in [0.2, 0.25) is 5.91 Å². The first-order valence-electron chi connectivity index (χ1n) is 8.55. The molecule has 1 aliphatic heterocycles. The lowest BCUT2D eigenvalue weighted by atomic mass is 10.1. The van der Waals surface area contributed by atoms with Crippen LogP contribution in [-0.4, -0.2) is 35.8 Å². The van der Waals surface area contributed by atoms with Gasteiger partial charge < -0.3 is 16.0 Å². The topological polar surface area (TPSA) is 75.4 Å². The number of likely N-dealkylation sites (tertiary alicyclic amines) is 1. The third-order valence-electron chi connectivity index (χ3n) is 4.91. The fourth-order valence-electron chi connectivity index (χ4n) is 3.44. The van der Waals surface area contributed by atoms with Gasteiger partial charge in [0.15, 0.2) is 0 Å². The molecule has 2 amide bonds. The van der Waals surface area contributed by atoms with Crippen LogP contribution >= 0.6 is 12.4 Å². The molecule has 1 aromatic rings. The fraction of sp³-hybridized carbons (Fsp3) is 0.556. The normalized spacial score (nSPS) is 20.7. The van der Waals surface area contributed by atoms with E-state index in [1.54, 1.807) is 0 Å². The van der Waals surface area contributed by atoms with E-state index in [1.807, 2.05) is 29.2 Å². The Morgan fingerprint density at radius 1 is 1.12 bits per heavy atom. The van der Waals surface area contributed by atoms with Crippen molar-refractivity contribution in [1.82, 2.24) is 10.2 Å². The third-order valence-corrected chi connectivity index (χ3v) is 4.91. The molecule has 3 rings (SSSR count). The summed E-state index contributed by atoms with van der Waals surface area (Å²) in [5.74, 6) is 0.392. The maximum Gasteiger partial charge on any atom is 0.253 e. The van der Waals surface area contributed by atoms with Crippen LogP contribution in [0.1, 0.15) is 48.0 Å². The van der Waals surface area contributed by atoms with Gasteiger partial charge in [-0.3, -0.25) is 9.59 Å². The Morgan fingerprint density at radius 2 is 1.79 bits per heavy atom. The van der Waals surface area contributed by atoms with Crippen molar-refractivity contribution in [1.29, 1.82) is 0 Å². The maximum absolute atomic E-state index is 12.3. The zero-order chi connectivity index (χ0) is 16.2. The molecule has 1 heterocycles. The van der Waals surface area contributed by atoms with Gasteiger partial charge in [-0.25, -0.2) is 0 Å². The van der Waals surface area contributed by atoms with Crippen LogP contribution in [0.25, 0.3) is 0 Å². The molecule has 24 heavy (non-hydrogen) atoms. The summed E-state index contributed by atoms with van der Waals surface area (Å²) in [7, 11) is 0. The molecule has 6 heteroatoms. The fourth-order valence-corrected chi connectivity index (χ4v) is 3.44. The van der Waals surface area contributed by atoms with Crippen LogP contribution in [0.3, 0.4) is 0 Å². The lowest BCUT2D eigenvalue weighted by Crippen LogP contribution is -2.32. The molecule has 2 fully saturated rings. The Morgan fingerprint density at radius 3 is 2.38 bits per heavy atom. The van der Waals surface area contributed by atoms with Crippen LogP contribution in [0.4, 0.5) is 0 Å². The zero-order valence-corrected chi connectivity index (χ0v) is 14.7. The summed E-state index contributed by atoms with van der Waals surface area (Å²) in [5, 5.41) is 3.00. The summed E-state index contributed by atoms with van der Waals surface area (Å²) < 4.78 is 0. The van der Waals surface area contributed by atoms with E-state index in [1.165, 1.54) is 0 Å². The first-order chi connectivity index (χ1) is 11.1. The summed E-state index contributed by atoms with van der Waals surface area (Å²) in [6, 6.07) is 7.60. The van der Waals surface area contributed by atoms with Gasteiger partial charge in [0.25, 0.3) is 5.91 Å². The van der Waals surface area contributed by atoms with Crippen molar-refractivity contribution in [3.05, 3.63) is 35.4 Å². The van der Waals surface area contributed by atoms with Gasteiger partial charge in [-0.1, -0.05) is 25.0 Å². The van der Waals surface area contributed by atoms with Crippen LogP contribution < -0.4 is 11.1 Å². The predicted octanol–water partition coefficient (Wildman–Crippen LogP) is 2.09. The van der Waals surface area contributed by atoms with Gasteiger partial charge >= 0.3 is 0 Å². The molecule has 132 valence electrons. The van der Waals surface area contributed by atoms with Crippen LogP contribution in [0.15, 0.2) is 24.3 Å². The summed E-state index contributed by atoms with van der Waals surface area (Å²) in [6.45, 7) is 1.90. The van der Waals surface area contributed by atoms with Gasteiger partial charge in [0.05, 0.1) is 0 Å². The lowest BCUT2D eigenvalue weighted by molar-refractivity contribution is -0.124. The van der Waals surface area contributed by atoms with Gasteiger partial charge in [0.1, 0.15) is 0 Å². The van der Waals surface area contributed by atoms with Crippen molar-refractivity contribution in [3.63, 3.8) is 0 Å². The van der Waals surface area contributed by atoms with Gasteiger partial charge in [-0.15, -0.1) is 12.4 Å². The Labute approximate surface area is 149 Å². The molecule has 0 bridgehead atoms. The zero-order valence-electron chi connectivity index (χ0n) is 13.9. The molecule has 3 N–H and O–H groups in total. The quantitative estimate of drug-likeness (QED) is 0.872. The highest BCUT2D eigenvalue weighted by Gasteiger charge is 2.24. The van der Waals surface area contributed by atoms with Gasteiger partial charge in [-0.05, 0) is 37.0 Å². The number of hydrogen-bond donors (Lipinski definition) is 2. The SMILES string of the molecule is Cl.N[C@@H]1CCN(C(=O)c2ccc(CNC(=O)C3CCCC3)cc2)C1. The number of benzene rings is 1. The van der Waals surface area contributed by atoms with E-state index in [4.69, 9.17) is 5.73 Å². The van der Waals surface area contributed by atoms with Crippen molar-refractivity contribution in [2.75, 3.05) is 13.1 Å². The minimum absolute atomic E-state index is 0. The largest absolute Gasteiger partial charge is 0.352 e. The summed E-state index contributed by atoms with van der Waals surface area (Å²) in [5.41, 5.74) is 7.56. The minimum atomic E-state index is 0. The number of rotatable bonds is 4. The molecule has 0 radical (unpaired) electrons. The summed E-state index contributed by atoms with van der Waals surface area (Å²) in [6.07, 6.45) is 5.22. The Bertz CT molecular complexity index is 570. The van der Waals surface area contributed by atoms with Gasteiger partial charge in [0, 0.05) is 37.2 Å². The molecule has 0 unspecified atom stereocenters. The number of hydrogen-bond acceptors (Lipinski definition) is 3. The molecule has 0 aromatic heterocycles. The predicted molar refractivity (Wildman–Crippen MR) is 96.0 cm³/mol. The molecule has 5 nitrogen and oxygen atoms in total. The molecule has 2 aliphatic rings. The van der Waals surface area contributed by atoms with Crippen LogP contribution in [0, 0.1) is 5.92 Å². The number of nitrogens with zero attached hydrogens (tertiary/aromatic N) is 1. The Hall–Kier alpha value is -1.59. The Kier molecular flexibility index (Phi) is 6.63. The standard InChI is InChI=1S/C18H25N3O2.ClH/c19-16-9-10-21(12-16)18(23)15-7-5-13(6-8-15)11-20-17(22)14-3-1-2-4-14;/h5-8,14,16H,1-4,9-12,19H2,(H,20,22);1H/t16-;/m1./s1. The first-order valence-corrected chi connectivity index (χ1v) is 8.55. The lowest BCUT2D eigenvalue weighted by Gasteiger charge is -2.16. The van der Waals surface area contributed by atoms with E-state index < -0.39 is 0 Å². The van der Waals surface area contributed by atoms with Crippen LogP contribution in [-0.2, 0) is 11.3 Å². The van der Waals surface area contributed by atoms with Crippen molar-refractivity contribution >= 4 is 24.2 Å². The molecular formula is C18H26ClN3O2. The van der Waals surface area contributed by atoms with E-state index in [0.717, 1.165) is 44.2 Å². The van der Waals surface area contributed by atoms with Crippen molar-refractivity contribution in [2.45, 2.75) is 44.7 Å². The molecule has 1 aromatic carbocycles. The maximum atomic E-state index is 12.3. The average molecular weight is 352 g/mol. The summed E-state index contributed by atoms with van der Waals surface area (Å²) in [4.78, 5) is 26.2. The number of amides is 2. The van der Waals surface area contributed by atoms with E-state index >= 15 is 0 Å².